The number of aryl methyl sites for hydroxylation is 3. The Hall–Kier alpha value is -3.18. The Morgan fingerprint density at radius 3 is 2.61 bits per heavy atom. The summed E-state index contributed by atoms with van der Waals surface area (Å²) in [6.45, 7) is 2.13. The molecular formula is C23H22N2O3. The van der Waals surface area contributed by atoms with Crippen LogP contribution in [0.1, 0.15) is 17.7 Å². The summed E-state index contributed by atoms with van der Waals surface area (Å²) in [5.41, 5.74) is 4.32. The molecule has 0 radical (unpaired) electrons. The van der Waals surface area contributed by atoms with Crippen LogP contribution in [0.3, 0.4) is 0 Å². The van der Waals surface area contributed by atoms with Gasteiger partial charge in [0.1, 0.15) is 6.61 Å². The van der Waals surface area contributed by atoms with Gasteiger partial charge in [-0.2, -0.15) is 0 Å². The number of aliphatic hydroxyl groups is 1. The van der Waals surface area contributed by atoms with Gasteiger partial charge in [0.05, 0.1) is 11.2 Å². The average Bonchev–Trinajstić information content (AvgIpc) is 3.03. The molecule has 0 atom stereocenters. The van der Waals surface area contributed by atoms with Gasteiger partial charge in [-0.05, 0) is 31.4 Å². The van der Waals surface area contributed by atoms with Crippen LogP contribution in [-0.2, 0) is 17.8 Å². The maximum absolute atomic E-state index is 11.5. The molecule has 28 heavy (non-hydrogen) atoms. The lowest BCUT2D eigenvalue weighted by Crippen LogP contribution is -2.13. The molecular weight excluding hydrogens is 352 g/mol. The largest absolute Gasteiger partial charge is 0.406 e. The summed E-state index contributed by atoms with van der Waals surface area (Å²) < 4.78 is 7.44. The number of para-hydroxylation sites is 1. The molecule has 0 unspecified atom stereocenters. The van der Waals surface area contributed by atoms with Gasteiger partial charge in [0.2, 0.25) is 5.88 Å². The Morgan fingerprint density at radius 2 is 1.82 bits per heavy atom. The molecule has 0 saturated heterocycles. The van der Waals surface area contributed by atoms with E-state index < -0.39 is 12.6 Å². The number of pyridine rings is 1. The quantitative estimate of drug-likeness (QED) is 0.518. The first-order valence-corrected chi connectivity index (χ1v) is 9.41. The number of hydrogen-bond acceptors (Lipinski definition) is 4. The van der Waals surface area contributed by atoms with Gasteiger partial charge in [0, 0.05) is 28.9 Å². The smallest absolute Gasteiger partial charge is 0.338 e. The van der Waals surface area contributed by atoms with Gasteiger partial charge in [-0.3, -0.25) is 0 Å². The summed E-state index contributed by atoms with van der Waals surface area (Å²) in [6, 6.07) is 20.5. The van der Waals surface area contributed by atoms with Gasteiger partial charge in [-0.15, -0.1) is 0 Å². The van der Waals surface area contributed by atoms with E-state index in [0.717, 1.165) is 46.9 Å². The number of carbonyl (C=O) groups excluding carboxylic acids is 1. The molecule has 0 bridgehead atoms. The van der Waals surface area contributed by atoms with Crippen LogP contribution in [0.25, 0.3) is 21.8 Å². The SMILES string of the molecule is Cc1nc(OC(=O)CO)cc2c3ccccc3n(CCCc3ccccc3)c12. The average molecular weight is 374 g/mol. The fourth-order valence-corrected chi connectivity index (χ4v) is 3.76. The first-order valence-electron chi connectivity index (χ1n) is 9.41. The van der Waals surface area contributed by atoms with Crippen LogP contribution < -0.4 is 4.74 Å². The third kappa shape index (κ3) is 3.49. The van der Waals surface area contributed by atoms with Gasteiger partial charge < -0.3 is 14.4 Å². The minimum absolute atomic E-state index is 0.219. The molecule has 0 aliphatic rings. The summed E-state index contributed by atoms with van der Waals surface area (Å²) >= 11 is 0. The highest BCUT2D eigenvalue weighted by Crippen LogP contribution is 2.33. The van der Waals surface area contributed by atoms with Gasteiger partial charge >= 0.3 is 5.97 Å². The predicted molar refractivity (Wildman–Crippen MR) is 109 cm³/mol. The van der Waals surface area contributed by atoms with Crippen LogP contribution in [0.2, 0.25) is 0 Å². The van der Waals surface area contributed by atoms with E-state index in [0.29, 0.717) is 0 Å². The number of aromatic nitrogens is 2. The van der Waals surface area contributed by atoms with E-state index >= 15 is 0 Å². The van der Waals surface area contributed by atoms with Crippen LogP contribution in [0, 0.1) is 6.92 Å². The standard InChI is InChI=1S/C23H22N2O3/c1-16-23-19(14-21(24-16)28-22(27)15-26)18-11-5-6-12-20(18)25(23)13-7-10-17-8-3-2-4-9-17/h2-6,8-9,11-12,14,26H,7,10,13,15H2,1H3. The summed E-state index contributed by atoms with van der Waals surface area (Å²) in [7, 11) is 0. The van der Waals surface area contributed by atoms with Crippen molar-refractivity contribution in [3.8, 4) is 5.88 Å². The number of benzene rings is 2. The highest BCUT2D eigenvalue weighted by atomic mass is 16.6. The molecule has 4 rings (SSSR count). The van der Waals surface area contributed by atoms with Crippen LogP contribution in [-0.4, -0.2) is 27.2 Å². The number of ether oxygens (including phenoxy) is 1. The fraction of sp³-hybridized carbons (Fsp3) is 0.217. The molecule has 5 heteroatoms. The fourth-order valence-electron chi connectivity index (χ4n) is 3.76. The third-order valence-corrected chi connectivity index (χ3v) is 4.94. The molecule has 2 aromatic heterocycles. The Balaban J connectivity index is 1.73. The van der Waals surface area contributed by atoms with Gasteiger partial charge in [-0.25, -0.2) is 9.78 Å². The number of nitrogens with zero attached hydrogens (tertiary/aromatic N) is 2. The molecule has 0 fully saturated rings. The number of aliphatic hydroxyl groups excluding tert-OH is 1. The molecule has 1 N–H and O–H groups in total. The van der Waals surface area contributed by atoms with E-state index in [2.05, 4.69) is 45.9 Å². The second-order valence-corrected chi connectivity index (χ2v) is 6.83. The van der Waals surface area contributed by atoms with Crippen LogP contribution in [0.4, 0.5) is 0 Å². The summed E-state index contributed by atoms with van der Waals surface area (Å²) in [4.78, 5) is 15.9. The molecule has 0 aliphatic carbocycles. The summed E-state index contributed by atoms with van der Waals surface area (Å²) in [5, 5.41) is 11.0. The molecule has 0 spiro atoms. The second kappa shape index (κ2) is 7.82. The molecule has 4 aromatic rings. The zero-order valence-corrected chi connectivity index (χ0v) is 15.8. The van der Waals surface area contributed by atoms with Gasteiger partial charge in [-0.1, -0.05) is 48.5 Å². The topological polar surface area (TPSA) is 64.3 Å². The number of carbonyl (C=O) groups is 1. The van der Waals surface area contributed by atoms with Crippen LogP contribution >= 0.6 is 0 Å². The van der Waals surface area contributed by atoms with E-state index in [9.17, 15) is 4.79 Å². The highest BCUT2D eigenvalue weighted by molar-refractivity contribution is 6.09. The summed E-state index contributed by atoms with van der Waals surface area (Å²) in [6.07, 6.45) is 2.02. The molecule has 142 valence electrons. The van der Waals surface area contributed by atoms with E-state index in [1.54, 1.807) is 6.07 Å². The number of hydrogen-bond donors (Lipinski definition) is 1. The van der Waals surface area contributed by atoms with Crippen molar-refractivity contribution in [1.29, 1.82) is 0 Å². The first kappa shape index (κ1) is 18.2. The molecule has 0 amide bonds. The maximum Gasteiger partial charge on any atom is 0.338 e. The van der Waals surface area contributed by atoms with Crippen molar-refractivity contribution in [2.75, 3.05) is 6.61 Å². The van der Waals surface area contributed by atoms with Crippen molar-refractivity contribution in [3.63, 3.8) is 0 Å². The summed E-state index contributed by atoms with van der Waals surface area (Å²) in [5.74, 6) is -0.492. The number of rotatable bonds is 6. The zero-order valence-electron chi connectivity index (χ0n) is 15.8. The van der Waals surface area contributed by atoms with Crippen molar-refractivity contribution in [1.82, 2.24) is 9.55 Å². The lowest BCUT2D eigenvalue weighted by Gasteiger charge is -2.10. The Morgan fingerprint density at radius 1 is 1.07 bits per heavy atom. The van der Waals surface area contributed by atoms with Gasteiger partial charge in [0.25, 0.3) is 0 Å². The van der Waals surface area contributed by atoms with E-state index in [4.69, 9.17) is 9.84 Å². The molecule has 0 saturated carbocycles. The van der Waals surface area contributed by atoms with Crippen molar-refractivity contribution < 1.29 is 14.6 Å². The van der Waals surface area contributed by atoms with Crippen molar-refractivity contribution in [2.45, 2.75) is 26.3 Å². The van der Waals surface area contributed by atoms with Crippen molar-refractivity contribution >= 4 is 27.8 Å². The molecule has 0 aliphatic heterocycles. The van der Waals surface area contributed by atoms with Crippen LogP contribution in [0.15, 0.2) is 60.7 Å². The van der Waals surface area contributed by atoms with Gasteiger partial charge in [0.15, 0.2) is 0 Å². The zero-order chi connectivity index (χ0) is 19.5. The van der Waals surface area contributed by atoms with Crippen LogP contribution in [0.5, 0.6) is 5.88 Å². The molecule has 2 aromatic carbocycles. The first-order chi connectivity index (χ1) is 13.7. The van der Waals surface area contributed by atoms with Crippen molar-refractivity contribution in [2.24, 2.45) is 0 Å². The molecule has 2 heterocycles. The van der Waals surface area contributed by atoms with E-state index in [-0.39, 0.29) is 5.88 Å². The Bertz CT molecular complexity index is 1130. The Labute approximate surface area is 163 Å². The lowest BCUT2D eigenvalue weighted by atomic mass is 10.1. The number of fused-ring (bicyclic) bond motifs is 3. The lowest BCUT2D eigenvalue weighted by molar-refractivity contribution is -0.137. The number of esters is 1. The second-order valence-electron chi connectivity index (χ2n) is 6.83. The predicted octanol–water partition coefficient (Wildman–Crippen LogP) is 4.03. The van der Waals surface area contributed by atoms with Crippen molar-refractivity contribution in [3.05, 3.63) is 71.9 Å². The minimum Gasteiger partial charge on any atom is -0.406 e. The van der Waals surface area contributed by atoms with E-state index in [1.807, 2.05) is 25.1 Å². The minimum atomic E-state index is -0.710. The third-order valence-electron chi connectivity index (χ3n) is 4.94. The highest BCUT2D eigenvalue weighted by Gasteiger charge is 2.16. The monoisotopic (exact) mass is 374 g/mol. The maximum atomic E-state index is 11.5. The van der Waals surface area contributed by atoms with E-state index in [1.165, 1.54) is 5.56 Å². The normalized spacial score (nSPS) is 11.2. The Kier molecular flexibility index (Phi) is 5.08. The molecule has 5 nitrogen and oxygen atoms in total.